The molecule has 0 amide bonds. The molecular weight excluding hydrogens is 204 g/mol. The summed E-state index contributed by atoms with van der Waals surface area (Å²) < 4.78 is 0. The number of nitrogens with zero attached hydrogens (tertiary/aromatic N) is 1. The maximum absolute atomic E-state index is 6.32. The minimum absolute atomic E-state index is 0.0216. The molecule has 0 saturated heterocycles. The van der Waals surface area contributed by atoms with E-state index in [4.69, 9.17) is 5.73 Å². The molecule has 1 aromatic rings. The van der Waals surface area contributed by atoms with Crippen molar-refractivity contribution in [1.82, 2.24) is 4.98 Å². The van der Waals surface area contributed by atoms with Gasteiger partial charge < -0.3 is 5.73 Å². The first-order valence-electron chi connectivity index (χ1n) is 5.62. The molecule has 1 heterocycles. The van der Waals surface area contributed by atoms with Crippen molar-refractivity contribution < 1.29 is 0 Å². The summed E-state index contributed by atoms with van der Waals surface area (Å²) in [4.78, 5) is 5.83. The van der Waals surface area contributed by atoms with Crippen LogP contribution in [0.2, 0.25) is 0 Å². The second-order valence-corrected chi connectivity index (χ2v) is 6.56. The third-order valence-electron chi connectivity index (χ3n) is 3.67. The Morgan fingerprint density at radius 2 is 2.07 bits per heavy atom. The molecule has 3 heteroatoms. The van der Waals surface area contributed by atoms with E-state index in [9.17, 15) is 0 Å². The van der Waals surface area contributed by atoms with Crippen molar-refractivity contribution in [3.8, 4) is 0 Å². The van der Waals surface area contributed by atoms with Gasteiger partial charge in [-0.2, -0.15) is 0 Å². The molecule has 0 aromatic carbocycles. The molecule has 1 aromatic heterocycles. The lowest BCUT2D eigenvalue weighted by atomic mass is 9.81. The highest BCUT2D eigenvalue weighted by Gasteiger charge is 2.52. The van der Waals surface area contributed by atoms with Crippen LogP contribution in [0.4, 0.5) is 0 Å². The van der Waals surface area contributed by atoms with Gasteiger partial charge in [-0.15, -0.1) is 11.3 Å². The second-order valence-electron chi connectivity index (χ2n) is 5.50. The lowest BCUT2D eigenvalue weighted by Gasteiger charge is -2.30. The van der Waals surface area contributed by atoms with Gasteiger partial charge in [0.25, 0.3) is 0 Å². The van der Waals surface area contributed by atoms with Crippen molar-refractivity contribution in [2.24, 2.45) is 5.73 Å². The van der Waals surface area contributed by atoms with E-state index in [1.165, 1.54) is 9.88 Å². The first kappa shape index (κ1) is 11.1. The molecule has 84 valence electrons. The Balaban J connectivity index is 2.29. The fraction of sp³-hybridized carbons (Fsp3) is 0.750. The van der Waals surface area contributed by atoms with E-state index >= 15 is 0 Å². The molecule has 2 N–H and O–H groups in total. The highest BCUT2D eigenvalue weighted by atomic mass is 32.1. The number of thiazole rings is 1. The third kappa shape index (κ3) is 1.72. The van der Waals surface area contributed by atoms with E-state index in [-0.39, 0.29) is 11.0 Å². The van der Waals surface area contributed by atoms with Gasteiger partial charge in [0.05, 0.1) is 5.01 Å². The van der Waals surface area contributed by atoms with Gasteiger partial charge in [0.1, 0.15) is 0 Å². The minimum atomic E-state index is 0.0216. The van der Waals surface area contributed by atoms with Crippen LogP contribution in [0.1, 0.15) is 56.3 Å². The molecule has 0 radical (unpaired) electrons. The van der Waals surface area contributed by atoms with Gasteiger partial charge in [-0.25, -0.2) is 4.98 Å². The topological polar surface area (TPSA) is 38.9 Å². The Hall–Kier alpha value is -0.410. The van der Waals surface area contributed by atoms with Crippen molar-refractivity contribution in [3.05, 3.63) is 16.1 Å². The molecule has 15 heavy (non-hydrogen) atoms. The largest absolute Gasteiger partial charge is 0.324 e. The maximum atomic E-state index is 6.32. The Morgan fingerprint density at radius 1 is 1.47 bits per heavy atom. The number of aromatic nitrogens is 1. The van der Waals surface area contributed by atoms with E-state index in [1.807, 2.05) is 17.5 Å². The van der Waals surface area contributed by atoms with Crippen LogP contribution in [0.3, 0.4) is 0 Å². The SMILES string of the molecule is CC(C)c1ncc(C(C)(C)C2(N)CC2)s1. The average Bonchev–Trinajstić information content (AvgIpc) is 2.73. The fourth-order valence-corrected chi connectivity index (χ4v) is 2.98. The summed E-state index contributed by atoms with van der Waals surface area (Å²) in [7, 11) is 0. The van der Waals surface area contributed by atoms with Crippen LogP contribution in [0, 0.1) is 0 Å². The maximum Gasteiger partial charge on any atom is 0.0953 e. The van der Waals surface area contributed by atoms with Gasteiger partial charge in [0.2, 0.25) is 0 Å². The highest BCUT2D eigenvalue weighted by Crippen LogP contribution is 2.50. The van der Waals surface area contributed by atoms with Crippen molar-refractivity contribution >= 4 is 11.3 Å². The van der Waals surface area contributed by atoms with E-state index in [2.05, 4.69) is 32.7 Å². The van der Waals surface area contributed by atoms with Gasteiger partial charge in [-0.3, -0.25) is 0 Å². The quantitative estimate of drug-likeness (QED) is 0.857. The summed E-state index contributed by atoms with van der Waals surface area (Å²) in [5.41, 5.74) is 6.42. The summed E-state index contributed by atoms with van der Waals surface area (Å²) in [6, 6.07) is 0. The summed E-state index contributed by atoms with van der Waals surface area (Å²) in [5, 5.41) is 1.22. The van der Waals surface area contributed by atoms with Crippen LogP contribution in [-0.2, 0) is 5.41 Å². The van der Waals surface area contributed by atoms with Gasteiger partial charge in [0.15, 0.2) is 0 Å². The van der Waals surface area contributed by atoms with Crippen molar-refractivity contribution in [3.63, 3.8) is 0 Å². The minimum Gasteiger partial charge on any atom is -0.324 e. The van der Waals surface area contributed by atoms with E-state index in [0.717, 1.165) is 12.8 Å². The van der Waals surface area contributed by atoms with Gasteiger partial charge >= 0.3 is 0 Å². The molecule has 0 unspecified atom stereocenters. The second kappa shape index (κ2) is 3.29. The molecular formula is C12H20N2S. The van der Waals surface area contributed by atoms with Crippen LogP contribution in [-0.4, -0.2) is 10.5 Å². The van der Waals surface area contributed by atoms with E-state index < -0.39 is 0 Å². The van der Waals surface area contributed by atoms with Crippen LogP contribution in [0.5, 0.6) is 0 Å². The fourth-order valence-electron chi connectivity index (χ4n) is 1.85. The average molecular weight is 224 g/mol. The standard InChI is InChI=1S/C12H20N2S/c1-8(2)10-14-7-9(15-10)11(3,4)12(13)5-6-12/h7-8H,5-6,13H2,1-4H3. The van der Waals surface area contributed by atoms with E-state index in [1.54, 1.807) is 0 Å². The van der Waals surface area contributed by atoms with E-state index in [0.29, 0.717) is 5.92 Å². The highest BCUT2D eigenvalue weighted by molar-refractivity contribution is 7.11. The van der Waals surface area contributed by atoms with Crippen LogP contribution < -0.4 is 5.73 Å². The Morgan fingerprint density at radius 3 is 2.47 bits per heavy atom. The first-order valence-corrected chi connectivity index (χ1v) is 6.43. The Labute approximate surface area is 95.9 Å². The molecule has 2 nitrogen and oxygen atoms in total. The molecule has 0 bridgehead atoms. The summed E-state index contributed by atoms with van der Waals surface area (Å²) in [6.45, 7) is 8.87. The van der Waals surface area contributed by atoms with Crippen molar-refractivity contribution in [1.29, 1.82) is 0 Å². The Kier molecular flexibility index (Phi) is 2.43. The monoisotopic (exact) mass is 224 g/mol. The van der Waals surface area contributed by atoms with Gasteiger partial charge in [0, 0.05) is 27.9 Å². The summed E-state index contributed by atoms with van der Waals surface area (Å²) in [6.07, 6.45) is 4.32. The summed E-state index contributed by atoms with van der Waals surface area (Å²) >= 11 is 1.82. The van der Waals surface area contributed by atoms with Gasteiger partial charge in [-0.05, 0) is 12.8 Å². The van der Waals surface area contributed by atoms with Crippen LogP contribution in [0.25, 0.3) is 0 Å². The molecule has 1 fully saturated rings. The van der Waals surface area contributed by atoms with Crippen molar-refractivity contribution in [2.75, 3.05) is 0 Å². The zero-order chi connectivity index (χ0) is 11.3. The third-order valence-corrected chi connectivity index (χ3v) is 5.29. The first-order chi connectivity index (χ1) is 6.87. The number of rotatable bonds is 3. The number of nitrogens with two attached hydrogens (primary N) is 1. The molecule has 2 rings (SSSR count). The molecule has 0 spiro atoms. The smallest absolute Gasteiger partial charge is 0.0953 e. The zero-order valence-electron chi connectivity index (χ0n) is 10.0. The number of hydrogen-bond acceptors (Lipinski definition) is 3. The lowest BCUT2D eigenvalue weighted by Crippen LogP contribution is -2.42. The zero-order valence-corrected chi connectivity index (χ0v) is 10.8. The Bertz CT molecular complexity index is 361. The van der Waals surface area contributed by atoms with Crippen LogP contribution in [0.15, 0.2) is 6.20 Å². The molecule has 1 aliphatic carbocycles. The molecule has 0 atom stereocenters. The number of hydrogen-bond donors (Lipinski definition) is 1. The molecule has 1 aliphatic rings. The predicted molar refractivity (Wildman–Crippen MR) is 65.4 cm³/mol. The molecule has 0 aliphatic heterocycles. The summed E-state index contributed by atoms with van der Waals surface area (Å²) in [5.74, 6) is 0.521. The normalized spacial score (nSPS) is 19.6. The lowest BCUT2D eigenvalue weighted by molar-refractivity contribution is 0.398. The van der Waals surface area contributed by atoms with Gasteiger partial charge in [-0.1, -0.05) is 27.7 Å². The van der Waals surface area contributed by atoms with Crippen LogP contribution >= 0.6 is 11.3 Å². The molecule has 1 saturated carbocycles. The van der Waals surface area contributed by atoms with Crippen molar-refractivity contribution in [2.45, 2.75) is 57.4 Å². The predicted octanol–water partition coefficient (Wildman–Crippen LogP) is 3.04.